The molecule has 0 saturated heterocycles. The lowest BCUT2D eigenvalue weighted by Crippen LogP contribution is -2.00. The van der Waals surface area contributed by atoms with Crippen LogP contribution in [0.3, 0.4) is 0 Å². The Morgan fingerprint density at radius 3 is 2.53 bits per heavy atom. The zero-order valence-corrected chi connectivity index (χ0v) is 12.1. The van der Waals surface area contributed by atoms with E-state index in [-0.39, 0.29) is 5.69 Å². The van der Waals surface area contributed by atoms with Gasteiger partial charge >= 0.3 is 0 Å². The van der Waals surface area contributed by atoms with Gasteiger partial charge in [-0.15, -0.1) is 0 Å². The molecule has 0 aliphatic rings. The van der Waals surface area contributed by atoms with E-state index in [2.05, 4.69) is 21.2 Å². The molecule has 0 saturated carbocycles. The van der Waals surface area contributed by atoms with Gasteiger partial charge in [-0.25, -0.2) is 0 Å². The first-order chi connectivity index (χ1) is 9.08. The molecule has 0 radical (unpaired) electrons. The minimum absolute atomic E-state index is 0.0905. The van der Waals surface area contributed by atoms with Crippen molar-refractivity contribution in [3.63, 3.8) is 0 Å². The molecule has 0 unspecified atom stereocenters. The molecule has 0 heterocycles. The van der Waals surface area contributed by atoms with Crippen LogP contribution in [-0.4, -0.2) is 4.92 Å². The van der Waals surface area contributed by atoms with E-state index in [1.54, 1.807) is 18.2 Å². The second kappa shape index (κ2) is 6.04. The van der Waals surface area contributed by atoms with Crippen molar-refractivity contribution in [3.05, 3.63) is 67.6 Å². The molecule has 0 bridgehead atoms. The summed E-state index contributed by atoms with van der Waals surface area (Å²) in [6.45, 7) is 0.566. The summed E-state index contributed by atoms with van der Waals surface area (Å²) in [5.74, 6) is 0. The number of non-ortho nitro benzene ring substituents is 1. The molecular weight excluding hydrogens is 332 g/mol. The number of nitrogens with zero attached hydrogens (tertiary/aromatic N) is 1. The number of hydrogen-bond donors (Lipinski definition) is 1. The highest BCUT2D eigenvalue weighted by Gasteiger charge is 2.05. The van der Waals surface area contributed by atoms with Crippen molar-refractivity contribution in [2.24, 2.45) is 0 Å². The number of rotatable bonds is 4. The van der Waals surface area contributed by atoms with Crippen molar-refractivity contribution in [2.75, 3.05) is 5.32 Å². The summed E-state index contributed by atoms with van der Waals surface area (Å²) in [6.07, 6.45) is 0. The van der Waals surface area contributed by atoms with E-state index >= 15 is 0 Å². The van der Waals surface area contributed by atoms with Crippen molar-refractivity contribution in [1.82, 2.24) is 0 Å². The number of nitro benzene ring substituents is 1. The molecule has 0 aliphatic carbocycles. The van der Waals surface area contributed by atoms with Crippen LogP contribution in [0.2, 0.25) is 5.02 Å². The van der Waals surface area contributed by atoms with Gasteiger partial charge in [-0.1, -0.05) is 29.8 Å². The molecule has 4 nitrogen and oxygen atoms in total. The first kappa shape index (κ1) is 13.8. The van der Waals surface area contributed by atoms with Gasteiger partial charge in [0.2, 0.25) is 0 Å². The summed E-state index contributed by atoms with van der Waals surface area (Å²) in [5.41, 5.74) is 1.93. The van der Waals surface area contributed by atoms with Crippen LogP contribution < -0.4 is 5.32 Å². The first-order valence-electron chi connectivity index (χ1n) is 5.49. The topological polar surface area (TPSA) is 55.2 Å². The van der Waals surface area contributed by atoms with Crippen molar-refractivity contribution < 1.29 is 4.92 Å². The van der Waals surface area contributed by atoms with Crippen LogP contribution >= 0.6 is 27.5 Å². The summed E-state index contributed by atoms with van der Waals surface area (Å²) in [4.78, 5) is 10.1. The van der Waals surface area contributed by atoms with Crippen molar-refractivity contribution in [3.8, 4) is 0 Å². The number of benzene rings is 2. The Labute approximate surface area is 123 Å². The highest BCUT2D eigenvalue weighted by molar-refractivity contribution is 9.10. The van der Waals surface area contributed by atoms with Gasteiger partial charge in [0.15, 0.2) is 0 Å². The minimum Gasteiger partial charge on any atom is -0.380 e. The van der Waals surface area contributed by atoms with E-state index in [4.69, 9.17) is 11.6 Å². The summed E-state index contributed by atoms with van der Waals surface area (Å²) >= 11 is 9.39. The normalized spacial score (nSPS) is 10.2. The van der Waals surface area contributed by atoms with Crippen LogP contribution in [-0.2, 0) is 6.54 Å². The first-order valence-corrected chi connectivity index (χ1v) is 6.66. The Morgan fingerprint density at radius 1 is 1.21 bits per heavy atom. The maximum Gasteiger partial charge on any atom is 0.269 e. The lowest BCUT2D eigenvalue weighted by Gasteiger charge is -2.09. The third kappa shape index (κ3) is 3.45. The standard InChI is InChI=1S/C13H10BrClN2O2/c14-13-11(15)2-1-3-12(13)16-8-9-4-6-10(7-5-9)17(18)19/h1-7,16H,8H2. The van der Waals surface area contributed by atoms with Gasteiger partial charge < -0.3 is 5.32 Å². The van der Waals surface area contributed by atoms with E-state index in [9.17, 15) is 10.1 Å². The Balaban J connectivity index is 2.06. The summed E-state index contributed by atoms with van der Waals surface area (Å²) in [7, 11) is 0. The quantitative estimate of drug-likeness (QED) is 0.652. The summed E-state index contributed by atoms with van der Waals surface area (Å²) in [5, 5.41) is 14.4. The second-order valence-electron chi connectivity index (χ2n) is 3.88. The smallest absolute Gasteiger partial charge is 0.269 e. The SMILES string of the molecule is O=[N+]([O-])c1ccc(CNc2cccc(Cl)c2Br)cc1. The third-order valence-electron chi connectivity index (χ3n) is 2.58. The van der Waals surface area contributed by atoms with Crippen LogP contribution in [0.15, 0.2) is 46.9 Å². The van der Waals surface area contributed by atoms with Crippen molar-refractivity contribution in [2.45, 2.75) is 6.54 Å². The number of hydrogen-bond acceptors (Lipinski definition) is 3. The molecule has 6 heteroatoms. The van der Waals surface area contributed by atoms with E-state index in [1.807, 2.05) is 12.1 Å². The zero-order valence-electron chi connectivity index (χ0n) is 9.77. The summed E-state index contributed by atoms with van der Waals surface area (Å²) < 4.78 is 0.804. The fraction of sp³-hybridized carbons (Fsp3) is 0.0769. The second-order valence-corrected chi connectivity index (χ2v) is 5.08. The van der Waals surface area contributed by atoms with Gasteiger partial charge in [-0.05, 0) is 33.6 Å². The number of nitro groups is 1. The summed E-state index contributed by atoms with van der Waals surface area (Å²) in [6, 6.07) is 12.0. The predicted molar refractivity (Wildman–Crippen MR) is 79.6 cm³/mol. The van der Waals surface area contributed by atoms with Crippen LogP contribution in [0.4, 0.5) is 11.4 Å². The largest absolute Gasteiger partial charge is 0.380 e. The Morgan fingerprint density at radius 2 is 1.89 bits per heavy atom. The van der Waals surface area contributed by atoms with E-state index in [0.29, 0.717) is 11.6 Å². The zero-order chi connectivity index (χ0) is 13.8. The molecule has 0 aromatic heterocycles. The van der Waals surface area contributed by atoms with Crippen molar-refractivity contribution in [1.29, 1.82) is 0 Å². The fourth-order valence-corrected chi connectivity index (χ4v) is 2.15. The lowest BCUT2D eigenvalue weighted by molar-refractivity contribution is -0.384. The highest BCUT2D eigenvalue weighted by Crippen LogP contribution is 2.30. The van der Waals surface area contributed by atoms with E-state index in [0.717, 1.165) is 15.7 Å². The average Bonchev–Trinajstić information content (AvgIpc) is 2.41. The molecule has 0 spiro atoms. The maximum absolute atomic E-state index is 10.5. The van der Waals surface area contributed by atoms with Crippen molar-refractivity contribution >= 4 is 38.9 Å². The Bertz CT molecular complexity index is 602. The molecular formula is C13H10BrClN2O2. The molecule has 0 aliphatic heterocycles. The molecule has 0 atom stereocenters. The van der Waals surface area contributed by atoms with Crippen LogP contribution in [0.5, 0.6) is 0 Å². The van der Waals surface area contributed by atoms with Crippen LogP contribution in [0, 0.1) is 10.1 Å². The fourth-order valence-electron chi connectivity index (χ4n) is 1.57. The molecule has 0 fully saturated rings. The lowest BCUT2D eigenvalue weighted by atomic mass is 10.2. The molecule has 98 valence electrons. The minimum atomic E-state index is -0.412. The molecule has 1 N–H and O–H groups in total. The molecule has 2 aromatic carbocycles. The monoisotopic (exact) mass is 340 g/mol. The molecule has 2 rings (SSSR count). The number of halogens is 2. The van der Waals surface area contributed by atoms with Gasteiger partial charge in [-0.3, -0.25) is 10.1 Å². The molecule has 0 amide bonds. The van der Waals surface area contributed by atoms with Gasteiger partial charge in [0.1, 0.15) is 0 Å². The average molecular weight is 342 g/mol. The van der Waals surface area contributed by atoms with E-state index in [1.165, 1.54) is 12.1 Å². The van der Waals surface area contributed by atoms with Gasteiger partial charge in [0.25, 0.3) is 5.69 Å². The number of nitrogens with one attached hydrogen (secondary N) is 1. The maximum atomic E-state index is 10.5. The molecule has 19 heavy (non-hydrogen) atoms. The Hall–Kier alpha value is -1.59. The van der Waals surface area contributed by atoms with Gasteiger partial charge in [-0.2, -0.15) is 0 Å². The highest BCUT2D eigenvalue weighted by atomic mass is 79.9. The molecule has 2 aromatic rings. The third-order valence-corrected chi connectivity index (χ3v) is 3.98. The van der Waals surface area contributed by atoms with Gasteiger partial charge in [0.05, 0.1) is 20.1 Å². The predicted octanol–water partition coefficient (Wildman–Crippen LogP) is 4.62. The number of anilines is 1. The Kier molecular flexibility index (Phi) is 4.39. The van der Waals surface area contributed by atoms with Crippen LogP contribution in [0.1, 0.15) is 5.56 Å². The van der Waals surface area contributed by atoms with E-state index < -0.39 is 4.92 Å². The van der Waals surface area contributed by atoms with Crippen LogP contribution in [0.25, 0.3) is 0 Å². The van der Waals surface area contributed by atoms with Gasteiger partial charge in [0, 0.05) is 18.7 Å².